The van der Waals surface area contributed by atoms with E-state index in [0.29, 0.717) is 11.8 Å². The summed E-state index contributed by atoms with van der Waals surface area (Å²) in [4.78, 5) is 2.53. The average Bonchev–Trinajstić information content (AvgIpc) is 2.62. The second-order valence-corrected chi connectivity index (χ2v) is 8.97. The van der Waals surface area contributed by atoms with Crippen LogP contribution in [-0.4, -0.2) is 0 Å². The van der Waals surface area contributed by atoms with Crippen molar-refractivity contribution < 1.29 is 0 Å². The van der Waals surface area contributed by atoms with Crippen molar-refractivity contribution in [2.45, 2.75) is 65.8 Å². The van der Waals surface area contributed by atoms with E-state index >= 15 is 0 Å². The topological polar surface area (TPSA) is 12.0 Å². The molecule has 146 valence electrons. The minimum absolute atomic E-state index is 0.210. The van der Waals surface area contributed by atoms with Crippen molar-refractivity contribution >= 4 is 11.8 Å². The number of dihydropyridines is 1. The van der Waals surface area contributed by atoms with Gasteiger partial charge in [-0.05, 0) is 72.2 Å². The highest BCUT2D eigenvalue weighted by Crippen LogP contribution is 2.42. The zero-order valence-electron chi connectivity index (χ0n) is 18.0. The predicted octanol–water partition coefficient (Wildman–Crippen LogP) is 7.51. The predicted molar refractivity (Wildman–Crippen MR) is 122 cm³/mol. The molecule has 1 aliphatic heterocycles. The lowest BCUT2D eigenvalue weighted by Crippen LogP contribution is -2.20. The van der Waals surface area contributed by atoms with E-state index in [0.717, 1.165) is 11.3 Å². The number of allylic oxidation sites excluding steroid dienone is 4. The van der Waals surface area contributed by atoms with Gasteiger partial charge in [0.15, 0.2) is 0 Å². The summed E-state index contributed by atoms with van der Waals surface area (Å²) in [5, 5.41) is 3.58. The molecule has 0 radical (unpaired) electrons. The van der Waals surface area contributed by atoms with Gasteiger partial charge in [0, 0.05) is 9.80 Å². The van der Waals surface area contributed by atoms with Crippen LogP contribution in [0.25, 0.3) is 0 Å². The van der Waals surface area contributed by atoms with Crippen LogP contribution < -0.4 is 5.32 Å². The molecule has 0 aliphatic carbocycles. The minimum atomic E-state index is 0.210. The number of benzene rings is 1. The Bertz CT molecular complexity index is 778. The first-order valence-corrected chi connectivity index (χ1v) is 10.9. The number of rotatable bonds is 7. The molecule has 2 rings (SSSR count). The molecule has 1 heterocycles. The molecule has 0 fully saturated rings. The Balaban J connectivity index is 2.52. The van der Waals surface area contributed by atoms with Crippen LogP contribution in [0.1, 0.15) is 64.3 Å². The highest BCUT2D eigenvalue weighted by atomic mass is 32.2. The zero-order chi connectivity index (χ0) is 20.1. The number of nitrogens with one attached hydrogen (secondary N) is 1. The van der Waals surface area contributed by atoms with Crippen LogP contribution in [0.5, 0.6) is 0 Å². The van der Waals surface area contributed by atoms with E-state index in [2.05, 4.69) is 96.9 Å². The summed E-state index contributed by atoms with van der Waals surface area (Å²) in [6.45, 7) is 20.0. The van der Waals surface area contributed by atoms with Crippen LogP contribution in [0, 0.1) is 18.8 Å². The molecule has 1 aromatic carbocycles. The van der Waals surface area contributed by atoms with Crippen LogP contribution in [0.2, 0.25) is 0 Å². The number of hydrogen-bond donors (Lipinski definition) is 1. The maximum absolute atomic E-state index is 4.42. The highest BCUT2D eigenvalue weighted by Gasteiger charge is 2.22. The van der Waals surface area contributed by atoms with E-state index in [1.54, 1.807) is 0 Å². The maximum Gasteiger partial charge on any atom is 0.0712 e. The first-order valence-electron chi connectivity index (χ1n) is 10.1. The van der Waals surface area contributed by atoms with Crippen LogP contribution in [0.4, 0.5) is 0 Å². The van der Waals surface area contributed by atoms with Crippen molar-refractivity contribution in [2.75, 3.05) is 0 Å². The SMILES string of the molecule is C=C(Sc1c(CC)ccc(C)c1C1C=C(C(C)C)C=CN1)/C(=C\C)C(C)C. The summed E-state index contributed by atoms with van der Waals surface area (Å²) >= 11 is 1.84. The fourth-order valence-corrected chi connectivity index (χ4v) is 5.08. The Hall–Kier alpha value is -1.67. The molecule has 1 nitrogen and oxygen atoms in total. The van der Waals surface area contributed by atoms with Crippen molar-refractivity contribution in [3.05, 3.63) is 75.9 Å². The van der Waals surface area contributed by atoms with E-state index < -0.39 is 0 Å². The molecule has 0 saturated heterocycles. The molecule has 27 heavy (non-hydrogen) atoms. The number of aryl methyl sites for hydroxylation is 2. The van der Waals surface area contributed by atoms with Gasteiger partial charge < -0.3 is 5.32 Å². The zero-order valence-corrected chi connectivity index (χ0v) is 18.8. The van der Waals surface area contributed by atoms with Gasteiger partial charge in [-0.1, -0.05) is 77.2 Å². The Kier molecular flexibility index (Phi) is 7.61. The van der Waals surface area contributed by atoms with Crippen molar-refractivity contribution in [3.63, 3.8) is 0 Å². The second-order valence-electron chi connectivity index (χ2n) is 7.86. The molecule has 1 aliphatic rings. The maximum atomic E-state index is 4.42. The normalized spacial score (nSPS) is 17.3. The highest BCUT2D eigenvalue weighted by molar-refractivity contribution is 8.03. The molecule has 0 aromatic heterocycles. The lowest BCUT2D eigenvalue weighted by atomic mass is 9.91. The molecule has 1 N–H and O–H groups in total. The van der Waals surface area contributed by atoms with Crippen molar-refractivity contribution in [3.8, 4) is 0 Å². The summed E-state index contributed by atoms with van der Waals surface area (Å²) in [7, 11) is 0. The summed E-state index contributed by atoms with van der Waals surface area (Å²) < 4.78 is 0. The van der Waals surface area contributed by atoms with Gasteiger partial charge in [0.05, 0.1) is 6.04 Å². The molecule has 2 heteroatoms. The van der Waals surface area contributed by atoms with Crippen LogP contribution >= 0.6 is 11.8 Å². The van der Waals surface area contributed by atoms with Crippen molar-refractivity contribution in [1.29, 1.82) is 0 Å². The summed E-state index contributed by atoms with van der Waals surface area (Å²) in [6.07, 6.45) is 9.92. The van der Waals surface area contributed by atoms with Crippen LogP contribution in [0.15, 0.2) is 64.1 Å². The molecule has 0 amide bonds. The number of thioether (sulfide) groups is 1. The van der Waals surface area contributed by atoms with Crippen molar-refractivity contribution in [2.24, 2.45) is 11.8 Å². The van der Waals surface area contributed by atoms with Gasteiger partial charge in [-0.3, -0.25) is 0 Å². The lowest BCUT2D eigenvalue weighted by molar-refractivity contribution is 0.683. The van der Waals surface area contributed by atoms with E-state index in [-0.39, 0.29) is 6.04 Å². The molecular formula is C25H35NS. The monoisotopic (exact) mass is 381 g/mol. The van der Waals surface area contributed by atoms with Gasteiger partial charge in [0.2, 0.25) is 0 Å². The largest absolute Gasteiger partial charge is 0.381 e. The lowest BCUT2D eigenvalue weighted by Gasteiger charge is -2.27. The summed E-state index contributed by atoms with van der Waals surface area (Å²) in [5.41, 5.74) is 6.86. The smallest absolute Gasteiger partial charge is 0.0712 e. The van der Waals surface area contributed by atoms with E-state index in [1.165, 1.54) is 32.7 Å². The fraction of sp³-hybridized carbons (Fsp3) is 0.440. The van der Waals surface area contributed by atoms with Crippen LogP contribution in [-0.2, 0) is 6.42 Å². The van der Waals surface area contributed by atoms with Gasteiger partial charge in [-0.25, -0.2) is 0 Å². The Labute approximate surface area is 170 Å². The average molecular weight is 382 g/mol. The molecular weight excluding hydrogens is 346 g/mol. The van der Waals surface area contributed by atoms with Crippen LogP contribution in [0.3, 0.4) is 0 Å². The third-order valence-corrected chi connectivity index (χ3v) is 6.41. The standard InChI is InChI=1S/C25H35NS/c1-9-20-12-11-18(7)24(23-15-21(16(3)4)13-14-26-23)25(20)27-19(8)22(10-2)17(5)6/h10-17,23,26H,8-9H2,1-7H3/b22-10-. The molecule has 0 bridgehead atoms. The van der Waals surface area contributed by atoms with E-state index in [4.69, 9.17) is 0 Å². The van der Waals surface area contributed by atoms with Gasteiger partial charge >= 0.3 is 0 Å². The first kappa shape index (κ1) is 21.6. The minimum Gasteiger partial charge on any atom is -0.381 e. The summed E-state index contributed by atoms with van der Waals surface area (Å²) in [6, 6.07) is 4.76. The fourth-order valence-electron chi connectivity index (χ4n) is 3.62. The second kappa shape index (κ2) is 9.50. The molecule has 1 unspecified atom stereocenters. The Morgan fingerprint density at radius 1 is 1.26 bits per heavy atom. The van der Waals surface area contributed by atoms with E-state index in [9.17, 15) is 0 Å². The Morgan fingerprint density at radius 2 is 1.96 bits per heavy atom. The molecule has 1 atom stereocenters. The quantitative estimate of drug-likeness (QED) is 0.387. The van der Waals surface area contributed by atoms with Gasteiger partial charge in [-0.2, -0.15) is 0 Å². The van der Waals surface area contributed by atoms with Gasteiger partial charge in [-0.15, -0.1) is 0 Å². The first-order chi connectivity index (χ1) is 12.8. The van der Waals surface area contributed by atoms with Gasteiger partial charge in [0.25, 0.3) is 0 Å². The third-order valence-electron chi connectivity index (χ3n) is 5.25. The van der Waals surface area contributed by atoms with E-state index in [1.807, 2.05) is 11.8 Å². The Morgan fingerprint density at radius 3 is 2.52 bits per heavy atom. The molecule has 0 spiro atoms. The number of hydrogen-bond acceptors (Lipinski definition) is 2. The summed E-state index contributed by atoms with van der Waals surface area (Å²) in [5.74, 6) is 1.01. The molecule has 1 aromatic rings. The van der Waals surface area contributed by atoms with Gasteiger partial charge in [0.1, 0.15) is 0 Å². The molecule has 0 saturated carbocycles. The third kappa shape index (κ3) is 4.99. The van der Waals surface area contributed by atoms with Crippen molar-refractivity contribution in [1.82, 2.24) is 5.32 Å².